The number of para-hydroxylation sites is 2. The van der Waals surface area contributed by atoms with Crippen molar-refractivity contribution in [1.29, 1.82) is 0 Å². The maximum absolute atomic E-state index is 7.80. The number of rotatable bonds is 12. The highest BCUT2D eigenvalue weighted by molar-refractivity contribution is 7.83. The van der Waals surface area contributed by atoms with Crippen LogP contribution < -0.4 is 9.05 Å². The maximum Gasteiger partial charge on any atom is 0.334 e. The zero-order chi connectivity index (χ0) is 48.6. The van der Waals surface area contributed by atoms with Crippen LogP contribution in [-0.2, 0) is 13.1 Å². The predicted octanol–water partition coefficient (Wildman–Crippen LogP) is 13.6. The lowest BCUT2D eigenvalue weighted by Gasteiger charge is -2.50. The van der Waals surface area contributed by atoms with Gasteiger partial charge in [-0.25, -0.2) is 46.7 Å². The van der Waals surface area contributed by atoms with Gasteiger partial charge in [-0.15, -0.1) is 0 Å². The predicted molar refractivity (Wildman–Crippen MR) is 302 cm³/mol. The van der Waals surface area contributed by atoms with Crippen molar-refractivity contribution in [3.05, 3.63) is 59.7 Å². The lowest BCUT2D eigenvalue weighted by molar-refractivity contribution is 0.319. The SMILES string of the molecule is c1ccc2c(c1)CN(CCCN1Cc3ccccc3OP13=NP(N1CCCC1)(N1CCCC1)=NP(N1CCCC1)(N1CCCC1)=N3)P1(=NP(N3CCCC3)(N3CCCC3)=NP(N3CCCC3)(N3CCCC3)=N1)O2. The highest BCUT2D eigenvalue weighted by atomic mass is 31.3. The highest BCUT2D eigenvalue weighted by Crippen LogP contribution is 2.86. The van der Waals surface area contributed by atoms with E-state index in [9.17, 15) is 0 Å². The van der Waals surface area contributed by atoms with Gasteiger partial charge in [-0.2, -0.15) is 27.1 Å². The molecule has 400 valence electrons. The first kappa shape index (κ1) is 50.3. The molecule has 0 aliphatic carbocycles. The Kier molecular flexibility index (Phi) is 14.2. The van der Waals surface area contributed by atoms with Gasteiger partial charge in [-0.3, -0.25) is 0 Å². The summed E-state index contributed by atoms with van der Waals surface area (Å²) in [7, 11) is -16.5. The van der Waals surface area contributed by atoms with Crippen LogP contribution in [0.2, 0.25) is 0 Å². The fourth-order valence-corrected chi connectivity index (χ4v) is 44.6. The van der Waals surface area contributed by atoms with E-state index in [0.717, 1.165) is 149 Å². The summed E-state index contributed by atoms with van der Waals surface area (Å²) >= 11 is 0. The smallest absolute Gasteiger partial charge is 0.334 e. The van der Waals surface area contributed by atoms with E-state index in [1.807, 2.05) is 0 Å². The molecule has 73 heavy (non-hydrogen) atoms. The molecule has 24 heteroatoms. The van der Waals surface area contributed by atoms with Crippen LogP contribution in [0.1, 0.15) is 120 Å². The van der Waals surface area contributed by atoms with Crippen LogP contribution in [-0.4, -0.2) is 165 Å². The van der Waals surface area contributed by atoms with Gasteiger partial charge in [-0.1, -0.05) is 36.4 Å². The molecule has 12 aliphatic heterocycles. The van der Waals surface area contributed by atoms with Crippen molar-refractivity contribution in [1.82, 2.24) is 46.7 Å². The van der Waals surface area contributed by atoms with Crippen molar-refractivity contribution in [2.45, 2.75) is 122 Å². The van der Waals surface area contributed by atoms with Crippen LogP contribution in [0.15, 0.2) is 75.6 Å². The number of hydrogen-bond acceptors (Lipinski definition) is 18. The molecule has 18 nitrogen and oxygen atoms in total. The Morgan fingerprint density at radius 2 is 0.562 bits per heavy atom. The average Bonchev–Trinajstić information content (AvgIpc) is 4.28. The molecule has 2 aromatic rings. The first-order chi connectivity index (χ1) is 35.9. The van der Waals surface area contributed by atoms with Crippen molar-refractivity contribution >= 4 is 45.2 Å². The molecular weight excluding hydrogens is 1030 g/mol. The maximum atomic E-state index is 7.80. The van der Waals surface area contributed by atoms with E-state index >= 15 is 0 Å². The van der Waals surface area contributed by atoms with E-state index in [4.69, 9.17) is 36.1 Å². The summed E-state index contributed by atoms with van der Waals surface area (Å²) in [6.45, 7) is 20.2. The molecule has 2 atom stereocenters. The van der Waals surface area contributed by atoms with E-state index in [2.05, 4.69) is 95.2 Å². The van der Waals surface area contributed by atoms with E-state index < -0.39 is 45.2 Å². The van der Waals surface area contributed by atoms with Crippen LogP contribution in [0, 0.1) is 0 Å². The van der Waals surface area contributed by atoms with Gasteiger partial charge >= 0.3 is 15.2 Å². The summed E-state index contributed by atoms with van der Waals surface area (Å²) in [4.78, 5) is 0. The normalized spacial score (nSPS) is 33.2. The standard InChI is InChI=1S/C49H82N16O2P6/c1-3-24-48-46(22-1)44-64(72(66-48)52-68(56-26-5-6-27-56,57-28-7-8-29-57)50-69(53-72,58-30-9-10-31-58)59-32-11-12-33-59)42-21-43-65-45-47-23-2-4-25-49(47)67-73(65)54-70(60-34-13-14-35-60,61-36-15-16-37-61)51-71(55-73,62-38-17-18-39-62)63-40-19-20-41-63/h1-4,22-25H,5-21,26-45H2. The van der Waals surface area contributed by atoms with Crippen molar-refractivity contribution in [3.63, 3.8) is 0 Å². The van der Waals surface area contributed by atoms with Gasteiger partial charge in [0.05, 0.1) is 0 Å². The van der Waals surface area contributed by atoms with Gasteiger partial charge in [0.2, 0.25) is 30.0 Å². The zero-order valence-electron chi connectivity index (χ0n) is 43.4. The van der Waals surface area contributed by atoms with E-state index in [1.165, 1.54) is 114 Å². The quantitative estimate of drug-likeness (QED) is 0.188. The van der Waals surface area contributed by atoms with Crippen LogP contribution in [0.4, 0.5) is 0 Å². The third-order valence-corrected chi connectivity index (χ3v) is 41.5. The Labute approximate surface area is 437 Å². The fourth-order valence-electron chi connectivity index (χ4n) is 14.0. The molecule has 12 heterocycles. The van der Waals surface area contributed by atoms with Crippen LogP contribution >= 0.6 is 45.2 Å². The molecule has 2 aromatic carbocycles. The lowest BCUT2D eigenvalue weighted by atomic mass is 10.2. The van der Waals surface area contributed by atoms with Crippen molar-refractivity contribution in [3.8, 4) is 11.5 Å². The van der Waals surface area contributed by atoms with E-state index in [-0.39, 0.29) is 0 Å². The molecule has 0 saturated carbocycles. The van der Waals surface area contributed by atoms with Gasteiger partial charge in [0.25, 0.3) is 0 Å². The number of benzene rings is 2. The molecule has 2 spiro atoms. The molecule has 0 radical (unpaired) electrons. The topological polar surface area (TPSA) is 125 Å². The average molecular weight is 1110 g/mol. The second-order valence-electron chi connectivity index (χ2n) is 22.5. The molecule has 0 aromatic heterocycles. The van der Waals surface area contributed by atoms with Crippen molar-refractivity contribution in [2.24, 2.45) is 27.1 Å². The third-order valence-electron chi connectivity index (χ3n) is 17.8. The molecule has 12 aliphatic rings. The summed E-state index contributed by atoms with van der Waals surface area (Å²) < 4.78 is 81.8. The van der Waals surface area contributed by atoms with Crippen molar-refractivity contribution in [2.75, 3.05) is 118 Å². The second kappa shape index (κ2) is 20.6. The summed E-state index contributed by atoms with van der Waals surface area (Å²) in [6, 6.07) is 17.7. The summed E-state index contributed by atoms with van der Waals surface area (Å²) in [6.07, 6.45) is 20.3. The first-order valence-corrected chi connectivity index (χ1v) is 38.4. The van der Waals surface area contributed by atoms with Crippen molar-refractivity contribution < 1.29 is 9.05 Å². The van der Waals surface area contributed by atoms with Gasteiger partial charge in [0, 0.05) is 142 Å². The Hall–Kier alpha value is -0.980. The lowest BCUT2D eigenvalue weighted by Crippen LogP contribution is -2.36. The van der Waals surface area contributed by atoms with Gasteiger partial charge in [0.1, 0.15) is 11.5 Å². The summed E-state index contributed by atoms with van der Waals surface area (Å²) in [5, 5.41) is 0. The summed E-state index contributed by atoms with van der Waals surface area (Å²) in [5.41, 5.74) is 2.49. The minimum atomic E-state index is -3.04. The molecule has 2 unspecified atom stereocenters. The van der Waals surface area contributed by atoms with Gasteiger partial charge in [0.15, 0.2) is 0 Å². The Morgan fingerprint density at radius 1 is 0.315 bits per heavy atom. The Balaban J connectivity index is 0.927. The number of fused-ring (bicyclic) bond motifs is 2. The molecule has 0 N–H and O–H groups in total. The number of nitrogens with zero attached hydrogens (tertiary/aromatic N) is 16. The van der Waals surface area contributed by atoms with Crippen LogP contribution in [0.25, 0.3) is 0 Å². The fraction of sp³-hybridized carbons (Fsp3) is 0.755. The molecular formula is C49H82N16O2P6. The first-order valence-electron chi connectivity index (χ1n) is 28.9. The largest absolute Gasteiger partial charge is 0.430 e. The highest BCUT2D eigenvalue weighted by Gasteiger charge is 2.56. The Bertz CT molecular complexity index is 2410. The molecule has 14 rings (SSSR count). The third kappa shape index (κ3) is 8.72. The Morgan fingerprint density at radius 3 is 0.836 bits per heavy atom. The summed E-state index contributed by atoms with van der Waals surface area (Å²) in [5.74, 6) is 1.96. The number of hydrogen-bond donors (Lipinski definition) is 0. The van der Waals surface area contributed by atoms with E-state index in [0.29, 0.717) is 0 Å². The van der Waals surface area contributed by atoms with Crippen LogP contribution in [0.5, 0.6) is 11.5 Å². The minimum absolute atomic E-state index is 0.779. The van der Waals surface area contributed by atoms with Crippen LogP contribution in [0.3, 0.4) is 0 Å². The monoisotopic (exact) mass is 1110 g/mol. The molecule has 0 amide bonds. The van der Waals surface area contributed by atoms with Gasteiger partial charge < -0.3 is 9.05 Å². The molecule has 8 saturated heterocycles. The molecule has 8 fully saturated rings. The van der Waals surface area contributed by atoms with Gasteiger partial charge in [-0.05, 0) is 121 Å². The second-order valence-corrected chi connectivity index (χ2v) is 39.2. The van der Waals surface area contributed by atoms with E-state index in [1.54, 1.807) is 0 Å². The zero-order valence-corrected chi connectivity index (χ0v) is 48.8. The molecule has 0 bridgehead atoms. The minimum Gasteiger partial charge on any atom is -0.430 e.